The zero-order valence-electron chi connectivity index (χ0n) is 20.1. The molecule has 3 rings (SSSR count). The number of nitrogens with zero attached hydrogens (tertiary/aromatic N) is 2. The van der Waals surface area contributed by atoms with Gasteiger partial charge in [-0.1, -0.05) is 6.07 Å². The Morgan fingerprint density at radius 1 is 1.13 bits per heavy atom. The molecule has 0 unspecified atom stereocenters. The lowest BCUT2D eigenvalue weighted by Gasteiger charge is -2.21. The number of benzene rings is 2. The standard InChI is InChI=1S/C23H26N8O7/c24-20(33)12-3-4-13-11-38-18-6-5-14(31(36)37)9-15(18)21(34)30-16(2-1-7-27-23(25)26)22(35)28-10-19(32)29-17(13)8-12/h3-6,8-9,16H,1-2,7,10-11H2,(H2,24,33)(H,28,35)(H,29,32)(H,30,34)(H4,25,26,27)/t16-/m0/s1. The molecule has 0 aromatic heterocycles. The van der Waals surface area contributed by atoms with Crippen molar-refractivity contribution in [3.63, 3.8) is 0 Å². The van der Waals surface area contributed by atoms with Crippen LogP contribution in [0.5, 0.6) is 5.75 Å². The third-order valence-corrected chi connectivity index (χ3v) is 5.46. The van der Waals surface area contributed by atoms with E-state index < -0.39 is 41.1 Å². The Hall–Kier alpha value is -5.21. The first kappa shape index (κ1) is 27.4. The molecular formula is C23H26N8O7. The number of nitrogens with one attached hydrogen (secondary N) is 3. The van der Waals surface area contributed by atoms with E-state index in [4.69, 9.17) is 21.9 Å². The fourth-order valence-corrected chi connectivity index (χ4v) is 3.56. The van der Waals surface area contributed by atoms with E-state index in [2.05, 4.69) is 20.9 Å². The molecular weight excluding hydrogens is 500 g/mol. The van der Waals surface area contributed by atoms with Crippen molar-refractivity contribution in [3.05, 3.63) is 63.2 Å². The lowest BCUT2D eigenvalue weighted by molar-refractivity contribution is -0.384. The van der Waals surface area contributed by atoms with Gasteiger partial charge < -0.3 is 37.9 Å². The first-order valence-electron chi connectivity index (χ1n) is 11.3. The first-order chi connectivity index (χ1) is 18.0. The molecule has 1 aliphatic heterocycles. The Kier molecular flexibility index (Phi) is 8.76. The van der Waals surface area contributed by atoms with Crippen LogP contribution in [0.2, 0.25) is 0 Å². The minimum absolute atomic E-state index is 0.0129. The highest BCUT2D eigenvalue weighted by molar-refractivity contribution is 6.02. The summed E-state index contributed by atoms with van der Waals surface area (Å²) in [5.41, 5.74) is 16.1. The van der Waals surface area contributed by atoms with Gasteiger partial charge >= 0.3 is 0 Å². The number of rotatable bonds is 6. The molecule has 200 valence electrons. The van der Waals surface area contributed by atoms with E-state index >= 15 is 0 Å². The molecule has 0 aliphatic carbocycles. The molecule has 38 heavy (non-hydrogen) atoms. The number of non-ortho nitro benzene ring substituents is 1. The molecule has 2 aromatic carbocycles. The molecule has 9 N–H and O–H groups in total. The van der Waals surface area contributed by atoms with Crippen LogP contribution in [-0.2, 0) is 16.2 Å². The third-order valence-electron chi connectivity index (χ3n) is 5.46. The summed E-state index contributed by atoms with van der Waals surface area (Å²) in [6.45, 7) is -0.462. The van der Waals surface area contributed by atoms with Crippen molar-refractivity contribution >= 4 is 41.0 Å². The normalized spacial score (nSPS) is 15.8. The van der Waals surface area contributed by atoms with Crippen molar-refractivity contribution in [2.45, 2.75) is 25.5 Å². The van der Waals surface area contributed by atoms with Gasteiger partial charge in [0.2, 0.25) is 17.7 Å². The van der Waals surface area contributed by atoms with E-state index in [-0.39, 0.29) is 53.8 Å². The Morgan fingerprint density at radius 3 is 2.58 bits per heavy atom. The average molecular weight is 527 g/mol. The number of anilines is 1. The van der Waals surface area contributed by atoms with Crippen molar-refractivity contribution in [1.29, 1.82) is 0 Å². The Labute approximate surface area is 215 Å². The minimum Gasteiger partial charge on any atom is -0.488 e. The monoisotopic (exact) mass is 526 g/mol. The van der Waals surface area contributed by atoms with Gasteiger partial charge in [-0.3, -0.25) is 34.3 Å². The molecule has 1 heterocycles. The van der Waals surface area contributed by atoms with Crippen molar-refractivity contribution in [2.75, 3.05) is 18.4 Å². The van der Waals surface area contributed by atoms with E-state index in [0.717, 1.165) is 12.1 Å². The van der Waals surface area contributed by atoms with Gasteiger partial charge in [0.25, 0.3) is 11.6 Å². The second kappa shape index (κ2) is 12.2. The number of amides is 4. The lowest BCUT2D eigenvalue weighted by Crippen LogP contribution is -2.48. The molecule has 4 amide bonds. The average Bonchev–Trinajstić information content (AvgIpc) is 2.87. The smallest absolute Gasteiger partial charge is 0.270 e. The summed E-state index contributed by atoms with van der Waals surface area (Å²) in [5.74, 6) is -2.99. The number of carbonyl (C=O) groups excluding carboxylic acids is 4. The fraction of sp³-hybridized carbons (Fsp3) is 0.261. The number of primary amides is 1. The molecule has 1 atom stereocenters. The van der Waals surface area contributed by atoms with Gasteiger partial charge in [0.15, 0.2) is 5.96 Å². The molecule has 0 fully saturated rings. The van der Waals surface area contributed by atoms with Crippen LogP contribution in [0.4, 0.5) is 11.4 Å². The minimum atomic E-state index is -1.13. The SMILES string of the molecule is NC(=O)c1ccc2c(c1)NC(=O)CNC(=O)[C@H](CCCN=C(N)N)NC(=O)c1cc([N+](=O)[O-])ccc1OC2. The van der Waals surface area contributed by atoms with Crippen molar-refractivity contribution in [1.82, 2.24) is 10.6 Å². The largest absolute Gasteiger partial charge is 0.488 e. The Balaban J connectivity index is 2.00. The molecule has 15 heteroatoms. The van der Waals surface area contributed by atoms with Crippen LogP contribution < -0.4 is 37.9 Å². The molecule has 1 aliphatic rings. The van der Waals surface area contributed by atoms with E-state index in [9.17, 15) is 29.3 Å². The Morgan fingerprint density at radius 2 is 1.89 bits per heavy atom. The molecule has 0 radical (unpaired) electrons. The fourth-order valence-electron chi connectivity index (χ4n) is 3.56. The lowest BCUT2D eigenvalue weighted by atomic mass is 10.1. The van der Waals surface area contributed by atoms with Crippen LogP contribution >= 0.6 is 0 Å². The van der Waals surface area contributed by atoms with Gasteiger partial charge in [0.05, 0.1) is 17.0 Å². The number of aliphatic imine (C=N–C) groups is 1. The number of hydrogen-bond donors (Lipinski definition) is 6. The molecule has 15 nitrogen and oxygen atoms in total. The summed E-state index contributed by atoms with van der Waals surface area (Å²) >= 11 is 0. The highest BCUT2D eigenvalue weighted by Crippen LogP contribution is 2.27. The zero-order chi connectivity index (χ0) is 27.8. The van der Waals surface area contributed by atoms with Crippen LogP contribution in [0.25, 0.3) is 0 Å². The van der Waals surface area contributed by atoms with Gasteiger partial charge in [0, 0.05) is 35.5 Å². The molecule has 2 aromatic rings. The number of carbonyl (C=O) groups is 4. The maximum atomic E-state index is 13.2. The summed E-state index contributed by atoms with van der Waals surface area (Å²) in [6, 6.07) is 6.59. The summed E-state index contributed by atoms with van der Waals surface area (Å²) in [4.78, 5) is 64.8. The summed E-state index contributed by atoms with van der Waals surface area (Å²) < 4.78 is 5.79. The number of nitrogens with two attached hydrogens (primary N) is 3. The predicted octanol–water partition coefficient (Wildman–Crippen LogP) is -0.507. The summed E-state index contributed by atoms with van der Waals surface area (Å²) in [7, 11) is 0. The second-order valence-corrected chi connectivity index (χ2v) is 8.20. The van der Waals surface area contributed by atoms with Gasteiger partial charge in [-0.2, -0.15) is 0 Å². The summed E-state index contributed by atoms with van der Waals surface area (Å²) in [6.07, 6.45) is 0.385. The number of nitro groups is 1. The number of hydrogen-bond acceptors (Lipinski definition) is 8. The van der Waals surface area contributed by atoms with Crippen LogP contribution in [-0.4, -0.2) is 53.6 Å². The van der Waals surface area contributed by atoms with Gasteiger partial charge in [-0.25, -0.2) is 0 Å². The number of guanidine groups is 1. The highest BCUT2D eigenvalue weighted by atomic mass is 16.6. The summed E-state index contributed by atoms with van der Waals surface area (Å²) in [5, 5.41) is 18.9. The zero-order valence-corrected chi connectivity index (χ0v) is 20.1. The maximum Gasteiger partial charge on any atom is 0.270 e. The second-order valence-electron chi connectivity index (χ2n) is 8.20. The van der Waals surface area contributed by atoms with Crippen LogP contribution in [0.15, 0.2) is 41.4 Å². The van der Waals surface area contributed by atoms with E-state index in [1.165, 1.54) is 24.3 Å². The van der Waals surface area contributed by atoms with Crippen LogP contribution in [0.1, 0.15) is 39.1 Å². The molecule has 0 saturated heterocycles. The third kappa shape index (κ3) is 7.16. The van der Waals surface area contributed by atoms with Gasteiger partial charge in [0.1, 0.15) is 18.4 Å². The van der Waals surface area contributed by atoms with Crippen molar-refractivity contribution < 1.29 is 28.8 Å². The van der Waals surface area contributed by atoms with E-state index in [1.54, 1.807) is 0 Å². The molecule has 0 saturated carbocycles. The number of nitro benzene ring substituents is 1. The van der Waals surface area contributed by atoms with Crippen LogP contribution in [0, 0.1) is 10.1 Å². The quantitative estimate of drug-likeness (QED) is 0.0931. The topological polar surface area (TPSA) is 247 Å². The van der Waals surface area contributed by atoms with Crippen molar-refractivity contribution in [3.8, 4) is 5.75 Å². The number of ether oxygens (including phenoxy) is 1. The van der Waals surface area contributed by atoms with E-state index in [0.29, 0.717) is 12.0 Å². The maximum absolute atomic E-state index is 13.2. The highest BCUT2D eigenvalue weighted by Gasteiger charge is 2.26. The first-order valence-corrected chi connectivity index (χ1v) is 11.3. The molecule has 0 bridgehead atoms. The van der Waals surface area contributed by atoms with E-state index in [1.807, 2.05) is 0 Å². The van der Waals surface area contributed by atoms with Gasteiger partial charge in [-0.15, -0.1) is 0 Å². The van der Waals surface area contributed by atoms with Gasteiger partial charge in [-0.05, 0) is 31.0 Å². The predicted molar refractivity (Wildman–Crippen MR) is 135 cm³/mol. The Bertz CT molecular complexity index is 1310. The van der Waals surface area contributed by atoms with Crippen LogP contribution in [0.3, 0.4) is 0 Å². The molecule has 0 spiro atoms. The number of fused-ring (bicyclic) bond motifs is 2. The van der Waals surface area contributed by atoms with Crippen molar-refractivity contribution in [2.24, 2.45) is 22.2 Å².